The number of nitrogens with zero attached hydrogens (tertiary/aromatic N) is 4. The van der Waals surface area contributed by atoms with Crippen LogP contribution in [0.25, 0.3) is 0 Å². The van der Waals surface area contributed by atoms with Crippen LogP contribution >= 0.6 is 0 Å². The first kappa shape index (κ1) is 31.5. The smallest absolute Gasteiger partial charge is 0.302 e. The molecule has 2 aliphatic rings. The first-order valence-corrected chi connectivity index (χ1v) is 15.2. The molecule has 3 rings (SSSR count). The fraction of sp³-hybridized carbons (Fsp3) is 0.667. The number of nitro benzene ring substituents is 1. The van der Waals surface area contributed by atoms with Gasteiger partial charge in [0.15, 0.2) is 4.90 Å². The molecular formula is C27H40N4O8S. The maximum Gasteiger partial charge on any atom is 0.302 e. The molecule has 2 atom stereocenters. The predicted molar refractivity (Wildman–Crippen MR) is 147 cm³/mol. The van der Waals surface area contributed by atoms with Crippen LogP contribution in [0.4, 0.5) is 5.69 Å². The number of para-hydroxylation sites is 1. The molecule has 2 aliphatic heterocycles. The fourth-order valence-electron chi connectivity index (χ4n) is 5.45. The number of ether oxygens (including phenoxy) is 1. The summed E-state index contributed by atoms with van der Waals surface area (Å²) in [5, 5.41) is 11.6. The summed E-state index contributed by atoms with van der Waals surface area (Å²) in [7, 11) is -4.39. The van der Waals surface area contributed by atoms with Gasteiger partial charge in [0.05, 0.1) is 4.92 Å². The Bertz CT molecular complexity index is 1210. The van der Waals surface area contributed by atoms with E-state index in [0.29, 0.717) is 32.4 Å². The van der Waals surface area contributed by atoms with Gasteiger partial charge in [-0.1, -0.05) is 39.8 Å². The van der Waals surface area contributed by atoms with Crippen molar-refractivity contribution in [2.75, 3.05) is 26.2 Å². The van der Waals surface area contributed by atoms with Gasteiger partial charge >= 0.3 is 5.97 Å². The standard InChI is InChI=1S/C27H40N4O8S/c1-18(2)16-23(26(33)28-12-10-21(11-13-28)39-20(5)32)29-14-15-30(24(27(29)34)17-19(3)4)40(37,38)25-9-7-6-8-22(25)31(35)36/h6-9,18-19,21,23-24H,10-17H2,1-5H3. The van der Waals surface area contributed by atoms with E-state index in [2.05, 4.69) is 0 Å². The molecule has 1 aromatic rings. The summed E-state index contributed by atoms with van der Waals surface area (Å²) in [4.78, 5) is 52.7. The average Bonchev–Trinajstić information content (AvgIpc) is 2.88. The maximum absolute atomic E-state index is 14.0. The zero-order chi connectivity index (χ0) is 29.8. The first-order valence-electron chi connectivity index (χ1n) is 13.8. The number of piperidine rings is 1. The van der Waals surface area contributed by atoms with E-state index in [1.807, 2.05) is 27.7 Å². The summed E-state index contributed by atoms with van der Waals surface area (Å²) in [5.74, 6) is -1.02. The zero-order valence-corrected chi connectivity index (χ0v) is 24.6. The summed E-state index contributed by atoms with van der Waals surface area (Å²) in [5.41, 5.74) is -0.550. The van der Waals surface area contributed by atoms with Gasteiger partial charge in [-0.05, 0) is 30.7 Å². The van der Waals surface area contributed by atoms with E-state index >= 15 is 0 Å². The van der Waals surface area contributed by atoms with Crippen molar-refractivity contribution in [3.05, 3.63) is 34.4 Å². The topological polar surface area (TPSA) is 147 Å². The zero-order valence-electron chi connectivity index (χ0n) is 23.8. The van der Waals surface area contributed by atoms with Crippen LogP contribution in [0.2, 0.25) is 0 Å². The highest BCUT2D eigenvalue weighted by Crippen LogP contribution is 2.32. The van der Waals surface area contributed by atoms with Gasteiger partial charge in [-0.25, -0.2) is 8.42 Å². The van der Waals surface area contributed by atoms with Crippen molar-refractivity contribution in [1.82, 2.24) is 14.1 Å². The van der Waals surface area contributed by atoms with Crippen molar-refractivity contribution in [3.63, 3.8) is 0 Å². The normalized spacial score (nSPS) is 20.2. The summed E-state index contributed by atoms with van der Waals surface area (Å²) in [6, 6.07) is 3.24. The minimum Gasteiger partial charge on any atom is -0.462 e. The first-order chi connectivity index (χ1) is 18.7. The van der Waals surface area contributed by atoms with Crippen LogP contribution in [0.15, 0.2) is 29.2 Å². The molecule has 0 aromatic heterocycles. The molecule has 0 N–H and O–H groups in total. The van der Waals surface area contributed by atoms with Gasteiger partial charge in [0.2, 0.25) is 11.8 Å². The lowest BCUT2D eigenvalue weighted by molar-refractivity contribution is -0.387. The molecule has 40 heavy (non-hydrogen) atoms. The SMILES string of the molecule is CC(=O)OC1CCN(C(=O)C(CC(C)C)N2CCN(S(=O)(=O)c3ccccc3[N+](=O)[O-])C(CC(C)C)C2=O)CC1. The number of carbonyl (C=O) groups excluding carboxylic acids is 3. The number of rotatable bonds is 10. The number of amides is 2. The fourth-order valence-corrected chi connectivity index (χ4v) is 7.19. The Morgan fingerprint density at radius 1 is 1.05 bits per heavy atom. The van der Waals surface area contributed by atoms with Crippen LogP contribution in [-0.2, 0) is 29.1 Å². The van der Waals surface area contributed by atoms with Gasteiger partial charge in [-0.3, -0.25) is 24.5 Å². The van der Waals surface area contributed by atoms with Crippen molar-refractivity contribution in [2.45, 2.75) is 83.4 Å². The molecule has 2 saturated heterocycles. The van der Waals surface area contributed by atoms with E-state index in [9.17, 15) is 32.9 Å². The van der Waals surface area contributed by atoms with Gasteiger partial charge in [0.25, 0.3) is 15.7 Å². The number of nitro groups is 1. The van der Waals surface area contributed by atoms with Gasteiger partial charge in [-0.15, -0.1) is 0 Å². The Kier molecular flexibility index (Phi) is 10.3. The molecule has 1 aromatic carbocycles. The third-order valence-electron chi connectivity index (χ3n) is 7.26. The summed E-state index contributed by atoms with van der Waals surface area (Å²) in [6.45, 7) is 9.68. The highest BCUT2D eigenvalue weighted by atomic mass is 32.2. The van der Waals surface area contributed by atoms with Gasteiger partial charge in [-0.2, -0.15) is 4.31 Å². The second kappa shape index (κ2) is 13.1. The van der Waals surface area contributed by atoms with Crippen molar-refractivity contribution in [3.8, 4) is 0 Å². The van der Waals surface area contributed by atoms with Gasteiger partial charge in [0.1, 0.15) is 18.2 Å². The van der Waals surface area contributed by atoms with Crippen molar-refractivity contribution >= 4 is 33.5 Å². The molecule has 2 amide bonds. The van der Waals surface area contributed by atoms with E-state index in [4.69, 9.17) is 4.74 Å². The molecule has 0 bridgehead atoms. The lowest BCUT2D eigenvalue weighted by Gasteiger charge is -2.45. The number of hydrogen-bond acceptors (Lipinski definition) is 8. The molecule has 0 radical (unpaired) electrons. The van der Waals surface area contributed by atoms with Crippen LogP contribution in [0.1, 0.15) is 60.3 Å². The van der Waals surface area contributed by atoms with Crippen LogP contribution in [0.5, 0.6) is 0 Å². The monoisotopic (exact) mass is 580 g/mol. The molecule has 13 heteroatoms. The minimum atomic E-state index is -4.39. The summed E-state index contributed by atoms with van der Waals surface area (Å²) in [6.07, 6.45) is 1.36. The van der Waals surface area contributed by atoms with Gasteiger partial charge < -0.3 is 14.5 Å². The van der Waals surface area contributed by atoms with E-state index < -0.39 is 43.5 Å². The number of piperazine rings is 1. The quantitative estimate of drug-likeness (QED) is 0.233. The number of sulfonamides is 1. The minimum absolute atomic E-state index is 0.0136. The molecule has 0 spiro atoms. The van der Waals surface area contributed by atoms with Crippen LogP contribution in [0.3, 0.4) is 0 Å². The van der Waals surface area contributed by atoms with Crippen molar-refractivity contribution in [2.24, 2.45) is 11.8 Å². The highest BCUT2D eigenvalue weighted by Gasteiger charge is 2.47. The van der Waals surface area contributed by atoms with E-state index in [1.54, 1.807) is 4.90 Å². The molecule has 222 valence electrons. The Labute approximate surface area is 235 Å². The molecule has 2 fully saturated rings. The predicted octanol–water partition coefficient (Wildman–Crippen LogP) is 2.81. The molecular weight excluding hydrogens is 540 g/mol. The summed E-state index contributed by atoms with van der Waals surface area (Å²) < 4.78 is 33.8. The molecule has 0 saturated carbocycles. The Morgan fingerprint density at radius 3 is 2.23 bits per heavy atom. The van der Waals surface area contributed by atoms with Crippen molar-refractivity contribution < 1.29 is 32.5 Å². The molecule has 12 nitrogen and oxygen atoms in total. The molecule has 0 aliphatic carbocycles. The van der Waals surface area contributed by atoms with Crippen LogP contribution in [0, 0.1) is 22.0 Å². The van der Waals surface area contributed by atoms with E-state index in [0.717, 1.165) is 10.4 Å². The second-order valence-electron chi connectivity index (χ2n) is 11.3. The number of hydrogen-bond donors (Lipinski definition) is 0. The summed E-state index contributed by atoms with van der Waals surface area (Å²) >= 11 is 0. The number of carbonyl (C=O) groups is 3. The van der Waals surface area contributed by atoms with Crippen molar-refractivity contribution in [1.29, 1.82) is 0 Å². The third kappa shape index (κ3) is 7.17. The molecule has 2 heterocycles. The number of esters is 1. The number of likely N-dealkylation sites (tertiary alicyclic amines) is 1. The lowest BCUT2D eigenvalue weighted by atomic mass is 9.95. The third-order valence-corrected chi connectivity index (χ3v) is 9.22. The van der Waals surface area contributed by atoms with Crippen LogP contribution < -0.4 is 0 Å². The maximum atomic E-state index is 14.0. The molecule has 2 unspecified atom stereocenters. The lowest BCUT2D eigenvalue weighted by Crippen LogP contribution is -2.64. The van der Waals surface area contributed by atoms with Gasteiger partial charge in [0, 0.05) is 52.0 Å². The Hall–Kier alpha value is -3.06. The van der Waals surface area contributed by atoms with E-state index in [-0.39, 0.29) is 49.3 Å². The highest BCUT2D eigenvalue weighted by molar-refractivity contribution is 7.89. The van der Waals surface area contributed by atoms with E-state index in [1.165, 1.54) is 30.0 Å². The Morgan fingerprint density at radius 2 is 1.68 bits per heavy atom. The largest absolute Gasteiger partial charge is 0.462 e. The average molecular weight is 581 g/mol. The number of benzene rings is 1. The second-order valence-corrected chi connectivity index (χ2v) is 13.2. The van der Waals surface area contributed by atoms with Crippen LogP contribution in [-0.4, -0.2) is 89.6 Å². The Balaban J connectivity index is 1.90.